The molecule has 0 bridgehead atoms. The molecular formula is C24H50O2Si. The maximum Gasteiger partial charge on any atom is 0.292 e. The first kappa shape index (κ1) is 26.7. The van der Waals surface area contributed by atoms with E-state index >= 15 is 0 Å². The van der Waals surface area contributed by atoms with E-state index in [0.717, 1.165) is 12.5 Å². The highest BCUT2D eigenvalue weighted by molar-refractivity contribution is 6.72. The third-order valence-corrected chi connectivity index (χ3v) is 7.84. The van der Waals surface area contributed by atoms with Gasteiger partial charge in [-0.15, -0.1) is 0 Å². The maximum atomic E-state index is 12.0. The largest absolute Gasteiger partial charge is 0.520 e. The van der Waals surface area contributed by atoms with Crippen molar-refractivity contribution in [2.45, 2.75) is 149 Å². The SMILES string of the molecule is CCCCCCCCCCCCCCCCCC(=O)O[Si](C)(C)CCCC. The zero-order chi connectivity index (χ0) is 20.2. The van der Waals surface area contributed by atoms with Gasteiger partial charge in [-0.3, -0.25) is 4.79 Å². The van der Waals surface area contributed by atoms with E-state index < -0.39 is 8.32 Å². The van der Waals surface area contributed by atoms with Crippen LogP contribution in [-0.4, -0.2) is 14.3 Å². The molecule has 0 aliphatic heterocycles. The van der Waals surface area contributed by atoms with Gasteiger partial charge in [0.25, 0.3) is 5.97 Å². The van der Waals surface area contributed by atoms with Crippen molar-refractivity contribution in [1.29, 1.82) is 0 Å². The zero-order valence-electron chi connectivity index (χ0n) is 19.3. The number of carbonyl (C=O) groups excluding carboxylic acids is 1. The van der Waals surface area contributed by atoms with Crippen LogP contribution in [0.4, 0.5) is 0 Å². The summed E-state index contributed by atoms with van der Waals surface area (Å²) in [5, 5.41) is 0. The molecule has 0 saturated carbocycles. The Kier molecular flexibility index (Phi) is 18.8. The van der Waals surface area contributed by atoms with E-state index in [0.29, 0.717) is 6.42 Å². The van der Waals surface area contributed by atoms with Crippen molar-refractivity contribution >= 4 is 14.3 Å². The van der Waals surface area contributed by atoms with Crippen LogP contribution >= 0.6 is 0 Å². The number of carbonyl (C=O) groups is 1. The normalized spacial score (nSPS) is 11.7. The molecule has 0 unspecified atom stereocenters. The second kappa shape index (κ2) is 19.0. The van der Waals surface area contributed by atoms with Gasteiger partial charge in [0.2, 0.25) is 8.32 Å². The summed E-state index contributed by atoms with van der Waals surface area (Å²) in [6, 6.07) is 1.11. The topological polar surface area (TPSA) is 26.3 Å². The van der Waals surface area contributed by atoms with Crippen molar-refractivity contribution in [2.75, 3.05) is 0 Å². The molecule has 0 aromatic carbocycles. The van der Waals surface area contributed by atoms with E-state index in [1.54, 1.807) is 0 Å². The van der Waals surface area contributed by atoms with Gasteiger partial charge >= 0.3 is 0 Å². The summed E-state index contributed by atoms with van der Waals surface area (Å²) in [5.41, 5.74) is 0. The molecule has 0 radical (unpaired) electrons. The van der Waals surface area contributed by atoms with Crippen LogP contribution in [0.5, 0.6) is 0 Å². The average Bonchev–Trinajstić information content (AvgIpc) is 2.63. The minimum atomic E-state index is -1.75. The quantitative estimate of drug-likeness (QED) is 0.151. The number of unbranched alkanes of at least 4 members (excludes halogenated alkanes) is 15. The molecule has 0 heterocycles. The fourth-order valence-corrected chi connectivity index (χ4v) is 5.68. The van der Waals surface area contributed by atoms with E-state index in [9.17, 15) is 4.79 Å². The number of hydrogen-bond donors (Lipinski definition) is 0. The van der Waals surface area contributed by atoms with Gasteiger partial charge in [0.05, 0.1) is 0 Å². The summed E-state index contributed by atoms with van der Waals surface area (Å²) in [4.78, 5) is 12.0. The van der Waals surface area contributed by atoms with Gasteiger partial charge in [-0.05, 0) is 25.6 Å². The smallest absolute Gasteiger partial charge is 0.292 e. The molecule has 0 aromatic rings. The molecule has 0 saturated heterocycles. The lowest BCUT2D eigenvalue weighted by Gasteiger charge is -2.22. The van der Waals surface area contributed by atoms with E-state index in [4.69, 9.17) is 4.43 Å². The molecule has 0 rings (SSSR count). The third-order valence-electron chi connectivity index (χ3n) is 5.51. The molecule has 0 aliphatic carbocycles. The van der Waals surface area contributed by atoms with Crippen LogP contribution in [0.3, 0.4) is 0 Å². The van der Waals surface area contributed by atoms with Gasteiger partial charge in [0.15, 0.2) is 0 Å². The lowest BCUT2D eigenvalue weighted by atomic mass is 10.0. The highest BCUT2D eigenvalue weighted by Crippen LogP contribution is 2.17. The first-order valence-corrected chi connectivity index (χ1v) is 15.3. The molecule has 0 amide bonds. The van der Waals surface area contributed by atoms with E-state index in [1.807, 2.05) is 0 Å². The molecule has 2 nitrogen and oxygen atoms in total. The highest BCUT2D eigenvalue weighted by atomic mass is 28.4. The van der Waals surface area contributed by atoms with Crippen molar-refractivity contribution in [2.24, 2.45) is 0 Å². The molecule has 0 atom stereocenters. The number of hydrogen-bond acceptors (Lipinski definition) is 2. The lowest BCUT2D eigenvalue weighted by Crippen LogP contribution is -2.33. The maximum absolute atomic E-state index is 12.0. The monoisotopic (exact) mass is 398 g/mol. The standard InChI is InChI=1S/C24H50O2Si/c1-5-7-9-10-11-12-13-14-15-16-17-18-19-20-21-22-24(25)26-27(3,4)23-8-6-2/h5-23H2,1-4H3. The minimum absolute atomic E-state index is 0.0532. The Morgan fingerprint density at radius 3 is 1.37 bits per heavy atom. The third kappa shape index (κ3) is 20.2. The van der Waals surface area contributed by atoms with Gasteiger partial charge in [0, 0.05) is 6.42 Å². The summed E-state index contributed by atoms with van der Waals surface area (Å²) in [6.45, 7) is 8.83. The molecule has 27 heavy (non-hydrogen) atoms. The second-order valence-electron chi connectivity index (χ2n) is 9.04. The molecule has 0 fully saturated rings. The van der Waals surface area contributed by atoms with Crippen molar-refractivity contribution in [1.82, 2.24) is 0 Å². The van der Waals surface area contributed by atoms with Crippen molar-refractivity contribution < 1.29 is 9.22 Å². The van der Waals surface area contributed by atoms with Gasteiger partial charge in [-0.25, -0.2) is 0 Å². The number of rotatable bonds is 20. The Balaban J connectivity index is 3.29. The first-order valence-electron chi connectivity index (χ1n) is 12.2. The molecular weight excluding hydrogens is 348 g/mol. The van der Waals surface area contributed by atoms with Gasteiger partial charge < -0.3 is 4.43 Å². The summed E-state index contributed by atoms with van der Waals surface area (Å²) >= 11 is 0. The Bertz CT molecular complexity index is 328. The molecule has 0 spiro atoms. The van der Waals surface area contributed by atoms with Gasteiger partial charge in [0.1, 0.15) is 0 Å². The molecule has 0 aromatic heterocycles. The Hall–Kier alpha value is -0.313. The van der Waals surface area contributed by atoms with Gasteiger partial charge in [-0.1, -0.05) is 117 Å². The summed E-state index contributed by atoms with van der Waals surface area (Å²) in [6.07, 6.45) is 23.4. The predicted octanol–water partition coefficient (Wildman–Crippen LogP) is 8.80. The predicted molar refractivity (Wildman–Crippen MR) is 123 cm³/mol. The van der Waals surface area contributed by atoms with Crippen LogP contribution in [-0.2, 0) is 9.22 Å². The second-order valence-corrected chi connectivity index (χ2v) is 13.3. The molecule has 0 aliphatic rings. The Morgan fingerprint density at radius 1 is 0.593 bits per heavy atom. The van der Waals surface area contributed by atoms with E-state index in [-0.39, 0.29) is 5.97 Å². The van der Waals surface area contributed by atoms with E-state index in [1.165, 1.54) is 103 Å². The van der Waals surface area contributed by atoms with Crippen LogP contribution in [0.25, 0.3) is 0 Å². The summed E-state index contributed by atoms with van der Waals surface area (Å²) < 4.78 is 5.76. The van der Waals surface area contributed by atoms with Crippen LogP contribution < -0.4 is 0 Å². The molecule has 162 valence electrons. The fourth-order valence-electron chi connectivity index (χ4n) is 3.65. The van der Waals surface area contributed by atoms with Crippen molar-refractivity contribution in [3.8, 4) is 0 Å². The summed E-state index contributed by atoms with van der Waals surface area (Å²) in [7, 11) is -1.75. The Morgan fingerprint density at radius 2 is 0.963 bits per heavy atom. The fraction of sp³-hybridized carbons (Fsp3) is 0.958. The van der Waals surface area contributed by atoms with Crippen LogP contribution in [0.2, 0.25) is 19.1 Å². The van der Waals surface area contributed by atoms with E-state index in [2.05, 4.69) is 26.9 Å². The average molecular weight is 399 g/mol. The van der Waals surface area contributed by atoms with Gasteiger partial charge in [-0.2, -0.15) is 0 Å². The van der Waals surface area contributed by atoms with Crippen LogP contribution in [0.15, 0.2) is 0 Å². The molecule has 0 N–H and O–H groups in total. The lowest BCUT2D eigenvalue weighted by molar-refractivity contribution is -0.135. The molecule has 3 heteroatoms. The van der Waals surface area contributed by atoms with Crippen LogP contribution in [0, 0.1) is 0 Å². The Labute approximate surface area is 172 Å². The van der Waals surface area contributed by atoms with Crippen molar-refractivity contribution in [3.63, 3.8) is 0 Å². The van der Waals surface area contributed by atoms with Crippen LogP contribution in [0.1, 0.15) is 129 Å². The first-order chi connectivity index (χ1) is 13.0. The minimum Gasteiger partial charge on any atom is -0.520 e. The zero-order valence-corrected chi connectivity index (χ0v) is 20.3. The van der Waals surface area contributed by atoms with Crippen molar-refractivity contribution in [3.05, 3.63) is 0 Å². The highest BCUT2D eigenvalue weighted by Gasteiger charge is 2.25. The summed E-state index contributed by atoms with van der Waals surface area (Å²) in [5.74, 6) is 0.0532.